The molecular weight excluding hydrogens is 264 g/mol. The van der Waals surface area contributed by atoms with Crippen molar-refractivity contribution in [1.82, 2.24) is 9.97 Å². The van der Waals surface area contributed by atoms with Gasteiger partial charge in [0.05, 0.1) is 5.60 Å². The average molecular weight is 290 g/mol. The Balaban J connectivity index is 1.78. The molecule has 0 spiro atoms. The molecule has 2 saturated carbocycles. The van der Waals surface area contributed by atoms with Crippen molar-refractivity contribution in [3.63, 3.8) is 0 Å². The second kappa shape index (κ2) is 5.79. The lowest BCUT2D eigenvalue weighted by atomic mass is 10.0. The van der Waals surface area contributed by atoms with Gasteiger partial charge in [0, 0.05) is 24.6 Å². The standard InChI is InChI=1S/C16H26N4O/c1-3-17-13-11(2)14(20-15(19-13)12-6-7-12)18-10-16(21)8-4-5-9-16/h12,21H,3-10H2,1-2H3,(H2,17,18,19,20). The Hall–Kier alpha value is -1.36. The van der Waals surface area contributed by atoms with Crippen LogP contribution in [0.15, 0.2) is 0 Å². The van der Waals surface area contributed by atoms with Crippen molar-refractivity contribution in [2.24, 2.45) is 0 Å². The van der Waals surface area contributed by atoms with E-state index in [2.05, 4.69) is 22.5 Å². The highest BCUT2D eigenvalue weighted by molar-refractivity contribution is 5.57. The molecule has 3 rings (SSSR count). The van der Waals surface area contributed by atoms with E-state index in [1.165, 1.54) is 12.8 Å². The molecule has 116 valence electrons. The fourth-order valence-electron chi connectivity index (χ4n) is 3.03. The van der Waals surface area contributed by atoms with Gasteiger partial charge in [-0.15, -0.1) is 0 Å². The lowest BCUT2D eigenvalue weighted by molar-refractivity contribution is 0.0614. The number of hydrogen-bond acceptors (Lipinski definition) is 5. The van der Waals surface area contributed by atoms with Crippen molar-refractivity contribution in [3.05, 3.63) is 11.4 Å². The molecule has 0 aromatic carbocycles. The molecule has 0 radical (unpaired) electrons. The summed E-state index contributed by atoms with van der Waals surface area (Å²) >= 11 is 0. The first-order chi connectivity index (χ1) is 10.1. The fourth-order valence-corrected chi connectivity index (χ4v) is 3.03. The summed E-state index contributed by atoms with van der Waals surface area (Å²) in [6, 6.07) is 0. The lowest BCUT2D eigenvalue weighted by Gasteiger charge is -2.24. The number of aromatic nitrogens is 2. The minimum Gasteiger partial charge on any atom is -0.388 e. The first-order valence-corrected chi connectivity index (χ1v) is 8.20. The van der Waals surface area contributed by atoms with Gasteiger partial charge >= 0.3 is 0 Å². The van der Waals surface area contributed by atoms with Crippen molar-refractivity contribution in [2.75, 3.05) is 23.7 Å². The van der Waals surface area contributed by atoms with Gasteiger partial charge in [0.15, 0.2) is 0 Å². The van der Waals surface area contributed by atoms with Gasteiger partial charge in [0.25, 0.3) is 0 Å². The molecule has 5 nitrogen and oxygen atoms in total. The average Bonchev–Trinajstić information content (AvgIpc) is 3.23. The van der Waals surface area contributed by atoms with E-state index in [1.54, 1.807) is 0 Å². The van der Waals surface area contributed by atoms with Gasteiger partial charge in [-0.2, -0.15) is 0 Å². The third kappa shape index (κ3) is 3.28. The maximum absolute atomic E-state index is 10.5. The molecule has 21 heavy (non-hydrogen) atoms. The zero-order valence-electron chi connectivity index (χ0n) is 13.1. The summed E-state index contributed by atoms with van der Waals surface area (Å²) in [6.07, 6.45) is 6.41. The van der Waals surface area contributed by atoms with E-state index in [0.717, 1.165) is 55.3 Å². The maximum atomic E-state index is 10.5. The van der Waals surface area contributed by atoms with Gasteiger partial charge in [-0.05, 0) is 39.5 Å². The lowest BCUT2D eigenvalue weighted by Crippen LogP contribution is -2.34. The number of anilines is 2. The molecule has 0 unspecified atom stereocenters. The van der Waals surface area contributed by atoms with Gasteiger partial charge in [-0.3, -0.25) is 0 Å². The first-order valence-electron chi connectivity index (χ1n) is 8.20. The number of nitrogens with one attached hydrogen (secondary N) is 2. The van der Waals surface area contributed by atoms with Crippen molar-refractivity contribution in [2.45, 2.75) is 63.9 Å². The highest BCUT2D eigenvalue weighted by atomic mass is 16.3. The predicted molar refractivity (Wildman–Crippen MR) is 84.8 cm³/mol. The van der Waals surface area contributed by atoms with Crippen LogP contribution in [0.3, 0.4) is 0 Å². The Bertz CT molecular complexity index is 507. The van der Waals surface area contributed by atoms with E-state index >= 15 is 0 Å². The molecule has 1 aromatic heterocycles. The van der Waals surface area contributed by atoms with Crippen molar-refractivity contribution >= 4 is 11.6 Å². The van der Waals surface area contributed by atoms with E-state index in [9.17, 15) is 5.11 Å². The van der Waals surface area contributed by atoms with E-state index < -0.39 is 5.60 Å². The molecule has 5 heteroatoms. The summed E-state index contributed by atoms with van der Waals surface area (Å²) in [5.74, 6) is 3.27. The molecule has 0 atom stereocenters. The van der Waals surface area contributed by atoms with Crippen LogP contribution in [0.5, 0.6) is 0 Å². The minimum absolute atomic E-state index is 0.526. The highest BCUT2D eigenvalue weighted by Crippen LogP contribution is 2.39. The van der Waals surface area contributed by atoms with Crippen LogP contribution in [-0.2, 0) is 0 Å². The van der Waals surface area contributed by atoms with Gasteiger partial charge in [0.2, 0.25) is 0 Å². The summed E-state index contributed by atoms with van der Waals surface area (Å²) in [5.41, 5.74) is 0.484. The summed E-state index contributed by atoms with van der Waals surface area (Å²) in [6.45, 7) is 5.55. The van der Waals surface area contributed by atoms with Crippen molar-refractivity contribution in [1.29, 1.82) is 0 Å². The van der Waals surface area contributed by atoms with Gasteiger partial charge in [-0.25, -0.2) is 9.97 Å². The molecule has 0 bridgehead atoms. The first kappa shape index (κ1) is 14.6. The number of aliphatic hydroxyl groups is 1. The van der Waals surface area contributed by atoms with Crippen LogP contribution < -0.4 is 10.6 Å². The topological polar surface area (TPSA) is 70.1 Å². The largest absolute Gasteiger partial charge is 0.388 e. The SMILES string of the molecule is CCNc1nc(C2CC2)nc(NCC2(O)CCCC2)c1C. The third-order valence-electron chi connectivity index (χ3n) is 4.57. The normalized spacial score (nSPS) is 20.5. The summed E-state index contributed by atoms with van der Waals surface area (Å²) in [5, 5.41) is 17.2. The van der Waals surface area contributed by atoms with Gasteiger partial charge < -0.3 is 15.7 Å². The third-order valence-corrected chi connectivity index (χ3v) is 4.57. The molecule has 3 N–H and O–H groups in total. The second-order valence-electron chi connectivity index (χ2n) is 6.49. The Morgan fingerprint density at radius 1 is 1.14 bits per heavy atom. The van der Waals surface area contributed by atoms with Crippen LogP contribution in [0.1, 0.15) is 62.8 Å². The zero-order chi connectivity index (χ0) is 14.9. The smallest absolute Gasteiger partial charge is 0.136 e. The number of nitrogens with zero attached hydrogens (tertiary/aromatic N) is 2. The molecular formula is C16H26N4O. The van der Waals surface area contributed by atoms with Crippen LogP contribution in [0.4, 0.5) is 11.6 Å². The number of hydrogen-bond donors (Lipinski definition) is 3. The van der Waals surface area contributed by atoms with E-state index in [0.29, 0.717) is 12.5 Å². The van der Waals surface area contributed by atoms with Crippen LogP contribution in [0.2, 0.25) is 0 Å². The Morgan fingerprint density at radius 2 is 1.76 bits per heavy atom. The summed E-state index contributed by atoms with van der Waals surface area (Å²) < 4.78 is 0. The molecule has 0 saturated heterocycles. The summed E-state index contributed by atoms with van der Waals surface area (Å²) in [7, 11) is 0. The Kier molecular flexibility index (Phi) is 4.02. The van der Waals surface area contributed by atoms with Crippen LogP contribution >= 0.6 is 0 Å². The maximum Gasteiger partial charge on any atom is 0.136 e. The fraction of sp³-hybridized carbons (Fsp3) is 0.750. The monoisotopic (exact) mass is 290 g/mol. The predicted octanol–water partition coefficient (Wildman–Crippen LogP) is 2.81. The minimum atomic E-state index is -0.560. The molecule has 2 aliphatic rings. The zero-order valence-corrected chi connectivity index (χ0v) is 13.1. The van der Waals surface area contributed by atoms with Crippen LogP contribution in [-0.4, -0.2) is 33.8 Å². The Morgan fingerprint density at radius 3 is 2.33 bits per heavy atom. The number of rotatable bonds is 6. The molecule has 2 fully saturated rings. The van der Waals surface area contributed by atoms with Gasteiger partial charge in [-0.1, -0.05) is 12.8 Å². The van der Waals surface area contributed by atoms with E-state index in [1.807, 2.05) is 6.92 Å². The van der Waals surface area contributed by atoms with E-state index in [4.69, 9.17) is 4.98 Å². The molecule has 2 aliphatic carbocycles. The molecule has 1 heterocycles. The second-order valence-corrected chi connectivity index (χ2v) is 6.49. The molecule has 0 aliphatic heterocycles. The highest BCUT2D eigenvalue weighted by Gasteiger charge is 2.32. The van der Waals surface area contributed by atoms with Crippen molar-refractivity contribution < 1.29 is 5.11 Å². The van der Waals surface area contributed by atoms with E-state index in [-0.39, 0.29) is 0 Å². The van der Waals surface area contributed by atoms with Crippen LogP contribution in [0.25, 0.3) is 0 Å². The van der Waals surface area contributed by atoms with Crippen LogP contribution in [0, 0.1) is 6.92 Å². The van der Waals surface area contributed by atoms with Gasteiger partial charge in [0.1, 0.15) is 17.5 Å². The Labute approximate surface area is 126 Å². The van der Waals surface area contributed by atoms with Crippen molar-refractivity contribution in [3.8, 4) is 0 Å². The summed E-state index contributed by atoms with van der Waals surface area (Å²) in [4.78, 5) is 9.35. The molecule has 0 amide bonds. The quantitative estimate of drug-likeness (QED) is 0.751. The molecule has 1 aromatic rings.